The van der Waals surface area contributed by atoms with Gasteiger partial charge in [0.25, 0.3) is 0 Å². The average Bonchev–Trinajstić information content (AvgIpc) is 3.41. The summed E-state index contributed by atoms with van der Waals surface area (Å²) in [5.41, 5.74) is -0.706. The van der Waals surface area contributed by atoms with Crippen LogP contribution in [0.5, 0.6) is 0 Å². The van der Waals surface area contributed by atoms with E-state index in [1.165, 1.54) is 0 Å². The van der Waals surface area contributed by atoms with Crippen LogP contribution in [0, 0.1) is 17.8 Å². The summed E-state index contributed by atoms with van der Waals surface area (Å²) in [7, 11) is 0. The molecule has 3 N–H and O–H groups in total. The van der Waals surface area contributed by atoms with E-state index < -0.39 is 41.2 Å². The van der Waals surface area contributed by atoms with Gasteiger partial charge in [-0.1, -0.05) is 66.5 Å². The third kappa shape index (κ3) is 4.58. The fourth-order valence-electron chi connectivity index (χ4n) is 6.18. The molecule has 9 heteroatoms. The molecule has 198 valence electrons. The van der Waals surface area contributed by atoms with Gasteiger partial charge in [-0.15, -0.1) is 0 Å². The topological polar surface area (TPSA) is 108 Å². The number of rotatable bonds is 8. The average molecular weight is 565 g/mol. The molecule has 4 rings (SSSR count). The van der Waals surface area contributed by atoms with E-state index in [1.807, 2.05) is 65.0 Å². The Morgan fingerprint density at radius 3 is 2.50 bits per heavy atom. The highest BCUT2D eigenvalue weighted by molar-refractivity contribution is 9.09. The number of amides is 3. The molecule has 2 bridgehead atoms. The van der Waals surface area contributed by atoms with Gasteiger partial charge in [0.15, 0.2) is 0 Å². The summed E-state index contributed by atoms with van der Waals surface area (Å²) in [5.74, 6) is -2.42. The third-order valence-electron chi connectivity index (χ3n) is 7.93. The summed E-state index contributed by atoms with van der Waals surface area (Å²) >= 11 is 3.69. The van der Waals surface area contributed by atoms with Crippen molar-refractivity contribution in [2.75, 3.05) is 6.61 Å². The first-order valence-electron chi connectivity index (χ1n) is 12.8. The summed E-state index contributed by atoms with van der Waals surface area (Å²) in [6, 6.07) is 8.11. The lowest BCUT2D eigenvalue weighted by molar-refractivity contribution is -0.147. The highest BCUT2D eigenvalue weighted by atomic mass is 79.9. The first-order valence-corrected chi connectivity index (χ1v) is 13.7. The predicted molar refractivity (Wildman–Crippen MR) is 139 cm³/mol. The van der Waals surface area contributed by atoms with E-state index in [-0.39, 0.29) is 35.1 Å². The maximum absolute atomic E-state index is 14.1. The number of hydrogen-bond acceptors (Lipinski definition) is 5. The molecule has 1 spiro atoms. The number of nitrogens with zero attached hydrogens (tertiary/aromatic N) is 1. The Morgan fingerprint density at radius 1 is 1.25 bits per heavy atom. The van der Waals surface area contributed by atoms with E-state index >= 15 is 0 Å². The molecule has 8 nitrogen and oxygen atoms in total. The SMILES string of the molecule is CC[C@H](C)[C@H](CO)N1C(=O)[C@@H]2[C@H](C(=O)NCc3ccccc3)[C@H]3OC2(CC3Br)C1C(=O)NC(C)(C)C. The quantitative estimate of drug-likeness (QED) is 0.421. The molecule has 0 radical (unpaired) electrons. The van der Waals surface area contributed by atoms with Gasteiger partial charge in [-0.3, -0.25) is 14.4 Å². The molecule has 36 heavy (non-hydrogen) atoms. The van der Waals surface area contributed by atoms with Crippen LogP contribution >= 0.6 is 15.9 Å². The van der Waals surface area contributed by atoms with E-state index in [9.17, 15) is 19.5 Å². The van der Waals surface area contributed by atoms with E-state index in [4.69, 9.17) is 4.74 Å². The molecule has 3 unspecified atom stereocenters. The first-order chi connectivity index (χ1) is 16.9. The molecule has 3 saturated heterocycles. The second kappa shape index (κ2) is 10.1. The van der Waals surface area contributed by atoms with Gasteiger partial charge in [0, 0.05) is 16.9 Å². The number of nitrogens with one attached hydrogen (secondary N) is 2. The zero-order chi connectivity index (χ0) is 26.4. The van der Waals surface area contributed by atoms with Crippen molar-refractivity contribution in [1.82, 2.24) is 15.5 Å². The van der Waals surface area contributed by atoms with Gasteiger partial charge in [-0.25, -0.2) is 0 Å². The monoisotopic (exact) mass is 563 g/mol. The molecular weight excluding hydrogens is 526 g/mol. The molecular formula is C27H38BrN3O5. The minimum Gasteiger partial charge on any atom is -0.394 e. The maximum Gasteiger partial charge on any atom is 0.246 e. The molecule has 1 aromatic carbocycles. The number of hydrogen-bond donors (Lipinski definition) is 3. The molecule has 3 heterocycles. The van der Waals surface area contributed by atoms with Crippen LogP contribution < -0.4 is 10.6 Å². The lowest BCUT2D eigenvalue weighted by atomic mass is 9.70. The smallest absolute Gasteiger partial charge is 0.246 e. The number of benzene rings is 1. The van der Waals surface area contributed by atoms with Crippen LogP contribution in [0.4, 0.5) is 0 Å². The van der Waals surface area contributed by atoms with Gasteiger partial charge in [0.05, 0.1) is 30.6 Å². The fourth-order valence-corrected chi connectivity index (χ4v) is 7.12. The van der Waals surface area contributed by atoms with Crippen molar-refractivity contribution in [1.29, 1.82) is 0 Å². The Kier molecular flexibility index (Phi) is 7.57. The van der Waals surface area contributed by atoms with Crippen LogP contribution in [-0.2, 0) is 25.7 Å². The normalized spacial score (nSPS) is 32.8. The van der Waals surface area contributed by atoms with E-state index in [2.05, 4.69) is 26.6 Å². The Morgan fingerprint density at radius 2 is 1.92 bits per heavy atom. The summed E-state index contributed by atoms with van der Waals surface area (Å²) in [6.07, 6.45) is 0.651. The molecule has 0 aromatic heterocycles. The van der Waals surface area contributed by atoms with Crippen molar-refractivity contribution in [3.8, 4) is 0 Å². The standard InChI is InChI=1S/C27H38BrN3O5/c1-6-15(2)18(14-32)31-22(24(34)30-26(3,4)5)27-12-17(28)21(36-27)19(20(27)25(31)35)23(33)29-13-16-10-8-7-9-11-16/h7-11,15,17-22,32H,6,12-14H2,1-5H3,(H,29,33)(H,30,34)/t15-,17?,18-,19-,20-,21-,22?,27?/m0/s1. The van der Waals surface area contributed by atoms with Crippen molar-refractivity contribution in [3.05, 3.63) is 35.9 Å². The lowest BCUT2D eigenvalue weighted by Gasteiger charge is -2.40. The minimum absolute atomic E-state index is 0.0403. The van der Waals surface area contributed by atoms with Gasteiger partial charge >= 0.3 is 0 Å². The Bertz CT molecular complexity index is 999. The molecule has 3 fully saturated rings. The van der Waals surface area contributed by atoms with Crippen LogP contribution in [0.25, 0.3) is 0 Å². The number of aliphatic hydroxyl groups excluding tert-OH is 1. The largest absolute Gasteiger partial charge is 0.394 e. The maximum atomic E-state index is 14.1. The summed E-state index contributed by atoms with van der Waals surface area (Å²) < 4.78 is 6.53. The zero-order valence-electron chi connectivity index (χ0n) is 21.7. The fraction of sp³-hybridized carbons (Fsp3) is 0.667. The van der Waals surface area contributed by atoms with Crippen LogP contribution in [0.3, 0.4) is 0 Å². The number of likely N-dealkylation sites (tertiary alicyclic amines) is 1. The number of alkyl halides is 1. The van der Waals surface area contributed by atoms with Gasteiger partial charge < -0.3 is 25.4 Å². The van der Waals surface area contributed by atoms with Crippen molar-refractivity contribution in [3.63, 3.8) is 0 Å². The number of halogens is 1. The Labute approximate surface area is 221 Å². The second-order valence-electron chi connectivity index (χ2n) is 11.5. The van der Waals surface area contributed by atoms with Crippen LogP contribution in [0.1, 0.15) is 53.0 Å². The minimum atomic E-state index is -1.14. The van der Waals surface area contributed by atoms with E-state index in [1.54, 1.807) is 4.90 Å². The van der Waals surface area contributed by atoms with Crippen LogP contribution in [0.15, 0.2) is 30.3 Å². The van der Waals surface area contributed by atoms with Gasteiger partial charge in [-0.05, 0) is 38.7 Å². The van der Waals surface area contributed by atoms with E-state index in [0.717, 1.165) is 12.0 Å². The molecule has 1 aromatic rings. The zero-order valence-corrected chi connectivity index (χ0v) is 23.2. The molecule has 0 aliphatic carbocycles. The second-order valence-corrected chi connectivity index (χ2v) is 12.7. The van der Waals surface area contributed by atoms with E-state index in [0.29, 0.717) is 13.0 Å². The summed E-state index contributed by atoms with van der Waals surface area (Å²) in [6.45, 7) is 9.70. The van der Waals surface area contributed by atoms with Gasteiger partial charge in [-0.2, -0.15) is 0 Å². The molecule has 3 amide bonds. The number of fused-ring (bicyclic) bond motifs is 1. The van der Waals surface area contributed by atoms with Gasteiger partial charge in [0.2, 0.25) is 17.7 Å². The van der Waals surface area contributed by atoms with Crippen molar-refractivity contribution in [2.24, 2.45) is 17.8 Å². The number of aliphatic hydroxyl groups is 1. The highest BCUT2D eigenvalue weighted by Gasteiger charge is 2.77. The van der Waals surface area contributed by atoms with Crippen LogP contribution in [0.2, 0.25) is 0 Å². The van der Waals surface area contributed by atoms with Crippen molar-refractivity contribution in [2.45, 2.75) is 88.2 Å². The van der Waals surface area contributed by atoms with Crippen LogP contribution in [-0.4, -0.2) is 68.5 Å². The Hall–Kier alpha value is -1.97. The highest BCUT2D eigenvalue weighted by Crippen LogP contribution is 2.60. The number of ether oxygens (including phenoxy) is 1. The number of carbonyl (C=O) groups excluding carboxylic acids is 3. The van der Waals surface area contributed by atoms with Gasteiger partial charge in [0.1, 0.15) is 11.6 Å². The molecule has 3 aliphatic rings. The summed E-state index contributed by atoms with van der Waals surface area (Å²) in [4.78, 5) is 42.8. The Balaban J connectivity index is 1.71. The number of carbonyl (C=O) groups is 3. The third-order valence-corrected chi connectivity index (χ3v) is 8.78. The lowest BCUT2D eigenvalue weighted by Crippen LogP contribution is -2.61. The first kappa shape index (κ1) is 27.1. The summed E-state index contributed by atoms with van der Waals surface area (Å²) in [5, 5.41) is 16.4. The predicted octanol–water partition coefficient (Wildman–Crippen LogP) is 2.37. The molecule has 3 aliphatic heterocycles. The molecule has 8 atom stereocenters. The van der Waals surface area contributed by atoms with Crippen molar-refractivity contribution < 1.29 is 24.2 Å². The molecule has 0 saturated carbocycles. The van der Waals surface area contributed by atoms with Crippen molar-refractivity contribution >= 4 is 33.7 Å².